The summed E-state index contributed by atoms with van der Waals surface area (Å²) in [6.07, 6.45) is 0.874. The van der Waals surface area contributed by atoms with Crippen LogP contribution in [0.15, 0.2) is 18.2 Å². The molecule has 1 atom stereocenters. The van der Waals surface area contributed by atoms with Crippen LogP contribution in [0.2, 0.25) is 5.02 Å². The fraction of sp³-hybridized carbons (Fsp3) is 0.400. The molecule has 0 bridgehead atoms. The molecule has 72 valence electrons. The molecule has 0 heterocycles. The van der Waals surface area contributed by atoms with Gasteiger partial charge in [-0.3, -0.25) is 0 Å². The van der Waals surface area contributed by atoms with Crippen LogP contribution in [0.5, 0.6) is 0 Å². The van der Waals surface area contributed by atoms with Crippen molar-refractivity contribution in [1.82, 2.24) is 0 Å². The van der Waals surface area contributed by atoms with E-state index in [1.165, 1.54) is 6.07 Å². The number of hydrogen-bond acceptors (Lipinski definition) is 0. The molecule has 0 N–H and O–H groups in total. The third-order valence-corrected chi connectivity index (χ3v) is 3.24. The molecule has 1 aromatic carbocycles. The van der Waals surface area contributed by atoms with Crippen molar-refractivity contribution in [2.24, 2.45) is 5.92 Å². The summed E-state index contributed by atoms with van der Waals surface area (Å²) in [5.74, 6) is 0.182. The summed E-state index contributed by atoms with van der Waals surface area (Å²) in [5.41, 5.74) is 0.994. The predicted molar refractivity (Wildman–Crippen MR) is 58.1 cm³/mol. The lowest BCUT2D eigenvalue weighted by atomic mass is 10.0. The summed E-state index contributed by atoms with van der Waals surface area (Å²) in [6.45, 7) is 2.11. The largest absolute Gasteiger partial charge is 0.205 e. The van der Waals surface area contributed by atoms with E-state index in [9.17, 15) is 4.39 Å². The molecule has 0 aliphatic carbocycles. The van der Waals surface area contributed by atoms with Crippen molar-refractivity contribution in [2.75, 3.05) is 5.33 Å². The van der Waals surface area contributed by atoms with Crippen LogP contribution in [0.25, 0.3) is 0 Å². The Kier molecular flexibility index (Phi) is 4.20. The van der Waals surface area contributed by atoms with Gasteiger partial charge in [-0.05, 0) is 30.0 Å². The summed E-state index contributed by atoms with van der Waals surface area (Å²) in [5, 5.41) is 1.12. The lowest BCUT2D eigenvalue weighted by Crippen LogP contribution is -2.00. The molecule has 0 saturated carbocycles. The molecule has 0 spiro atoms. The van der Waals surface area contributed by atoms with Gasteiger partial charge in [0, 0.05) is 5.33 Å². The van der Waals surface area contributed by atoms with E-state index in [1.54, 1.807) is 6.07 Å². The molecule has 0 radical (unpaired) electrons. The molecular weight excluding hydrogens is 254 g/mol. The van der Waals surface area contributed by atoms with E-state index in [-0.39, 0.29) is 10.8 Å². The van der Waals surface area contributed by atoms with Gasteiger partial charge in [0.1, 0.15) is 5.82 Å². The maximum atomic E-state index is 13.0. The van der Waals surface area contributed by atoms with Crippen LogP contribution in [0.1, 0.15) is 12.5 Å². The Balaban J connectivity index is 2.73. The third-order valence-electron chi connectivity index (χ3n) is 1.83. The maximum Gasteiger partial charge on any atom is 0.142 e. The first-order chi connectivity index (χ1) is 6.13. The summed E-state index contributed by atoms with van der Waals surface area (Å²) < 4.78 is 13.0. The third kappa shape index (κ3) is 3.28. The molecular formula is C10H11BrClF. The Labute approximate surface area is 91.2 Å². The Morgan fingerprint density at radius 3 is 2.77 bits per heavy atom. The normalized spacial score (nSPS) is 12.9. The van der Waals surface area contributed by atoms with Gasteiger partial charge in [0.05, 0.1) is 5.02 Å². The standard InChI is InChI=1S/C10H11BrClF/c1-7(6-11)4-8-2-3-9(12)10(13)5-8/h2-3,5,7H,4,6H2,1H3. The average Bonchev–Trinajstić information content (AvgIpc) is 2.11. The summed E-state index contributed by atoms with van der Waals surface area (Å²) in [7, 11) is 0. The van der Waals surface area contributed by atoms with Gasteiger partial charge in [0.25, 0.3) is 0 Å². The smallest absolute Gasteiger partial charge is 0.142 e. The van der Waals surface area contributed by atoms with Crippen LogP contribution in [0, 0.1) is 11.7 Å². The lowest BCUT2D eigenvalue weighted by molar-refractivity contribution is 0.616. The van der Waals surface area contributed by atoms with Crippen molar-refractivity contribution in [3.8, 4) is 0 Å². The van der Waals surface area contributed by atoms with E-state index < -0.39 is 0 Å². The molecule has 0 fully saturated rings. The molecule has 3 heteroatoms. The molecule has 13 heavy (non-hydrogen) atoms. The first kappa shape index (κ1) is 11.0. The van der Waals surface area contributed by atoms with Crippen molar-refractivity contribution in [2.45, 2.75) is 13.3 Å². The van der Waals surface area contributed by atoms with Crippen molar-refractivity contribution >= 4 is 27.5 Å². The summed E-state index contributed by atoms with van der Waals surface area (Å²) >= 11 is 8.95. The zero-order valence-corrected chi connectivity index (χ0v) is 9.70. The summed E-state index contributed by atoms with van der Waals surface area (Å²) in [6, 6.07) is 4.97. The van der Waals surface area contributed by atoms with Crippen LogP contribution in [0.4, 0.5) is 4.39 Å². The molecule has 1 rings (SSSR count). The zero-order chi connectivity index (χ0) is 9.84. The number of halogens is 3. The van der Waals surface area contributed by atoms with Gasteiger partial charge in [-0.15, -0.1) is 0 Å². The molecule has 0 aliphatic heterocycles. The molecule has 0 nitrogen and oxygen atoms in total. The second-order valence-electron chi connectivity index (χ2n) is 3.21. The lowest BCUT2D eigenvalue weighted by Gasteiger charge is -2.07. The number of hydrogen-bond donors (Lipinski definition) is 0. The van der Waals surface area contributed by atoms with Gasteiger partial charge in [-0.1, -0.05) is 40.5 Å². The molecule has 1 aromatic rings. The topological polar surface area (TPSA) is 0 Å². The van der Waals surface area contributed by atoms with Crippen molar-refractivity contribution in [3.05, 3.63) is 34.6 Å². The van der Waals surface area contributed by atoms with E-state index in [4.69, 9.17) is 11.6 Å². The SMILES string of the molecule is CC(CBr)Cc1ccc(Cl)c(F)c1. The van der Waals surface area contributed by atoms with Crippen molar-refractivity contribution < 1.29 is 4.39 Å². The van der Waals surface area contributed by atoms with Gasteiger partial charge in [0.2, 0.25) is 0 Å². The van der Waals surface area contributed by atoms with E-state index in [0.717, 1.165) is 17.3 Å². The van der Waals surface area contributed by atoms with Crippen LogP contribution in [-0.2, 0) is 6.42 Å². The highest BCUT2D eigenvalue weighted by Gasteiger charge is 2.04. The van der Waals surface area contributed by atoms with Crippen LogP contribution in [0.3, 0.4) is 0 Å². The van der Waals surface area contributed by atoms with Crippen LogP contribution in [-0.4, -0.2) is 5.33 Å². The Hall–Kier alpha value is -0.0800. The van der Waals surface area contributed by atoms with Crippen molar-refractivity contribution in [1.29, 1.82) is 0 Å². The van der Waals surface area contributed by atoms with Gasteiger partial charge < -0.3 is 0 Å². The number of alkyl halides is 1. The first-order valence-electron chi connectivity index (χ1n) is 4.13. The molecule has 0 saturated heterocycles. The predicted octanol–water partition coefficient (Wildman–Crippen LogP) is 4.05. The molecule has 1 unspecified atom stereocenters. The second kappa shape index (κ2) is 4.97. The van der Waals surface area contributed by atoms with Gasteiger partial charge >= 0.3 is 0 Å². The Bertz CT molecular complexity index is 288. The minimum Gasteiger partial charge on any atom is -0.205 e. The van der Waals surface area contributed by atoms with E-state index in [2.05, 4.69) is 22.9 Å². The van der Waals surface area contributed by atoms with E-state index >= 15 is 0 Å². The quantitative estimate of drug-likeness (QED) is 0.723. The molecule has 0 aromatic heterocycles. The fourth-order valence-electron chi connectivity index (χ4n) is 1.12. The van der Waals surface area contributed by atoms with Gasteiger partial charge in [-0.2, -0.15) is 0 Å². The van der Waals surface area contributed by atoms with E-state index in [1.807, 2.05) is 6.07 Å². The monoisotopic (exact) mass is 264 g/mol. The average molecular weight is 266 g/mol. The Morgan fingerprint density at radius 1 is 1.54 bits per heavy atom. The maximum absolute atomic E-state index is 13.0. The van der Waals surface area contributed by atoms with Crippen LogP contribution >= 0.6 is 27.5 Å². The highest BCUT2D eigenvalue weighted by molar-refractivity contribution is 9.09. The molecule has 0 amide bonds. The molecule has 0 aliphatic rings. The number of benzene rings is 1. The van der Waals surface area contributed by atoms with Crippen molar-refractivity contribution in [3.63, 3.8) is 0 Å². The summed E-state index contributed by atoms with van der Waals surface area (Å²) in [4.78, 5) is 0. The minimum atomic E-state index is -0.332. The number of rotatable bonds is 3. The van der Waals surface area contributed by atoms with Crippen LogP contribution < -0.4 is 0 Å². The Morgan fingerprint density at radius 2 is 2.23 bits per heavy atom. The van der Waals surface area contributed by atoms with E-state index in [0.29, 0.717) is 5.92 Å². The van der Waals surface area contributed by atoms with Gasteiger partial charge in [0.15, 0.2) is 0 Å². The minimum absolute atomic E-state index is 0.190. The highest BCUT2D eigenvalue weighted by Crippen LogP contribution is 2.18. The second-order valence-corrected chi connectivity index (χ2v) is 4.27. The highest BCUT2D eigenvalue weighted by atomic mass is 79.9. The van der Waals surface area contributed by atoms with Gasteiger partial charge in [-0.25, -0.2) is 4.39 Å². The zero-order valence-electron chi connectivity index (χ0n) is 7.36. The fourth-order valence-corrected chi connectivity index (χ4v) is 1.47. The first-order valence-corrected chi connectivity index (χ1v) is 5.63.